The van der Waals surface area contributed by atoms with Gasteiger partial charge >= 0.3 is 5.69 Å². The molecule has 3 aromatic rings. The van der Waals surface area contributed by atoms with Crippen LogP contribution >= 0.6 is 0 Å². The number of aryl methyl sites for hydroxylation is 1. The summed E-state index contributed by atoms with van der Waals surface area (Å²) in [7, 11) is 1.42. The SMILES string of the molecule is COc1ccc(O[C@H](C)C(=O)c2c(C)[nH]c3ccccc23)c([N+](=O)[O-])c1. The Morgan fingerprint density at radius 1 is 1.23 bits per heavy atom. The van der Waals surface area contributed by atoms with Crippen molar-refractivity contribution in [2.75, 3.05) is 7.11 Å². The van der Waals surface area contributed by atoms with Crippen molar-refractivity contribution in [3.05, 3.63) is 63.8 Å². The predicted molar refractivity (Wildman–Crippen MR) is 97.1 cm³/mol. The van der Waals surface area contributed by atoms with Crippen LogP contribution in [0, 0.1) is 17.0 Å². The minimum Gasteiger partial charge on any atom is -0.496 e. The van der Waals surface area contributed by atoms with Gasteiger partial charge in [-0.3, -0.25) is 14.9 Å². The number of aromatic amines is 1. The van der Waals surface area contributed by atoms with E-state index in [0.717, 1.165) is 16.6 Å². The molecule has 0 unspecified atom stereocenters. The summed E-state index contributed by atoms with van der Waals surface area (Å²) in [6, 6.07) is 11.7. The maximum atomic E-state index is 12.9. The number of methoxy groups -OCH3 is 1. The number of rotatable bonds is 6. The molecule has 0 bridgehead atoms. The summed E-state index contributed by atoms with van der Waals surface area (Å²) in [6.45, 7) is 3.40. The predicted octanol–water partition coefficient (Wildman–Crippen LogP) is 4.04. The van der Waals surface area contributed by atoms with Crippen LogP contribution in [-0.2, 0) is 0 Å². The lowest BCUT2D eigenvalue weighted by atomic mass is 10.0. The second kappa shape index (κ2) is 6.87. The molecule has 1 atom stereocenters. The summed E-state index contributed by atoms with van der Waals surface area (Å²) in [6.07, 6.45) is -0.889. The van der Waals surface area contributed by atoms with Crippen LogP contribution in [-0.4, -0.2) is 28.9 Å². The minimum atomic E-state index is -0.889. The molecular formula is C19H18N2O5. The maximum absolute atomic E-state index is 12.9. The Morgan fingerprint density at radius 3 is 2.65 bits per heavy atom. The molecule has 0 amide bonds. The van der Waals surface area contributed by atoms with Crippen molar-refractivity contribution in [2.45, 2.75) is 20.0 Å². The van der Waals surface area contributed by atoms with Gasteiger partial charge in [0.1, 0.15) is 5.75 Å². The van der Waals surface area contributed by atoms with Gasteiger partial charge in [-0.15, -0.1) is 0 Å². The van der Waals surface area contributed by atoms with Gasteiger partial charge in [-0.1, -0.05) is 18.2 Å². The number of para-hydroxylation sites is 1. The fraction of sp³-hybridized carbons (Fsp3) is 0.211. The first-order valence-corrected chi connectivity index (χ1v) is 8.03. The van der Waals surface area contributed by atoms with E-state index in [4.69, 9.17) is 9.47 Å². The van der Waals surface area contributed by atoms with Crippen molar-refractivity contribution in [1.29, 1.82) is 0 Å². The van der Waals surface area contributed by atoms with Crippen molar-refractivity contribution in [2.24, 2.45) is 0 Å². The van der Waals surface area contributed by atoms with Gasteiger partial charge in [0.25, 0.3) is 0 Å². The first kappa shape index (κ1) is 17.5. The number of carbonyl (C=O) groups is 1. The molecule has 2 aromatic carbocycles. The second-order valence-corrected chi connectivity index (χ2v) is 5.89. The van der Waals surface area contributed by atoms with Crippen molar-refractivity contribution < 1.29 is 19.2 Å². The van der Waals surface area contributed by atoms with E-state index in [2.05, 4.69) is 4.98 Å². The first-order chi connectivity index (χ1) is 12.4. The number of benzene rings is 2. The molecule has 0 radical (unpaired) electrons. The summed E-state index contributed by atoms with van der Waals surface area (Å²) in [5.74, 6) is 0.120. The Balaban J connectivity index is 1.93. The van der Waals surface area contributed by atoms with E-state index in [1.54, 1.807) is 13.0 Å². The normalized spacial score (nSPS) is 12.0. The standard InChI is InChI=1S/C19H18N2O5/c1-11-18(14-6-4-5-7-15(14)20-11)19(22)12(2)26-17-9-8-13(25-3)10-16(17)21(23)24/h4-10,12,20H,1-3H3/t12-/m1/s1. The van der Waals surface area contributed by atoms with E-state index in [0.29, 0.717) is 11.3 Å². The van der Waals surface area contributed by atoms with E-state index in [1.165, 1.54) is 19.2 Å². The number of nitrogens with zero attached hydrogens (tertiary/aromatic N) is 1. The monoisotopic (exact) mass is 354 g/mol. The van der Waals surface area contributed by atoms with Gasteiger partial charge in [-0.2, -0.15) is 0 Å². The smallest absolute Gasteiger partial charge is 0.314 e. The van der Waals surface area contributed by atoms with Gasteiger partial charge in [-0.05, 0) is 32.0 Å². The van der Waals surface area contributed by atoms with Gasteiger partial charge in [0.2, 0.25) is 5.78 Å². The summed E-state index contributed by atoms with van der Waals surface area (Å²) in [4.78, 5) is 26.8. The number of H-pyrrole nitrogens is 1. The number of nitro benzene ring substituents is 1. The zero-order chi connectivity index (χ0) is 18.8. The van der Waals surface area contributed by atoms with E-state index in [1.807, 2.05) is 31.2 Å². The molecule has 7 nitrogen and oxygen atoms in total. The molecule has 1 N–H and O–H groups in total. The van der Waals surface area contributed by atoms with E-state index >= 15 is 0 Å². The van der Waals surface area contributed by atoms with Crippen LogP contribution in [0.3, 0.4) is 0 Å². The molecule has 3 rings (SSSR count). The molecule has 0 aliphatic rings. The van der Waals surface area contributed by atoms with Gasteiger partial charge in [0.15, 0.2) is 11.9 Å². The molecular weight excluding hydrogens is 336 g/mol. The highest BCUT2D eigenvalue weighted by Gasteiger charge is 2.26. The Kier molecular flexibility index (Phi) is 4.62. The topological polar surface area (TPSA) is 94.5 Å². The molecule has 0 aliphatic carbocycles. The lowest BCUT2D eigenvalue weighted by molar-refractivity contribution is -0.386. The number of ketones is 1. The van der Waals surface area contributed by atoms with Gasteiger partial charge in [0, 0.05) is 22.2 Å². The number of hydrogen-bond acceptors (Lipinski definition) is 5. The van der Waals surface area contributed by atoms with Crippen LogP contribution in [0.2, 0.25) is 0 Å². The molecule has 0 spiro atoms. The molecule has 1 aromatic heterocycles. The molecule has 0 fully saturated rings. The average Bonchev–Trinajstić information content (AvgIpc) is 2.96. The van der Waals surface area contributed by atoms with Crippen LogP contribution in [0.25, 0.3) is 10.9 Å². The van der Waals surface area contributed by atoms with Gasteiger partial charge in [-0.25, -0.2) is 0 Å². The molecule has 0 saturated heterocycles. The highest BCUT2D eigenvalue weighted by atomic mass is 16.6. The number of nitrogens with one attached hydrogen (secondary N) is 1. The summed E-state index contributed by atoms with van der Waals surface area (Å²) in [5, 5.41) is 12.1. The second-order valence-electron chi connectivity index (χ2n) is 5.89. The van der Waals surface area contributed by atoms with Crippen LogP contribution < -0.4 is 9.47 Å². The van der Waals surface area contributed by atoms with Crippen molar-refractivity contribution in [3.63, 3.8) is 0 Å². The average molecular weight is 354 g/mol. The number of aromatic nitrogens is 1. The Bertz CT molecular complexity index is 993. The van der Waals surface area contributed by atoms with Gasteiger partial charge < -0.3 is 14.5 Å². The quantitative estimate of drug-likeness (QED) is 0.409. The summed E-state index contributed by atoms with van der Waals surface area (Å²) in [5.41, 5.74) is 1.87. The zero-order valence-corrected chi connectivity index (χ0v) is 14.6. The largest absolute Gasteiger partial charge is 0.496 e. The third-order valence-corrected chi connectivity index (χ3v) is 4.18. The number of fused-ring (bicyclic) bond motifs is 1. The number of carbonyl (C=O) groups excluding carboxylic acids is 1. The fourth-order valence-corrected chi connectivity index (χ4v) is 2.91. The molecule has 26 heavy (non-hydrogen) atoms. The van der Waals surface area contributed by atoms with Crippen molar-refractivity contribution >= 4 is 22.4 Å². The number of ether oxygens (including phenoxy) is 2. The Labute approximate surface area is 149 Å². The van der Waals surface area contributed by atoms with Gasteiger partial charge in [0.05, 0.1) is 18.1 Å². The number of Topliss-reactive ketones (excluding diaryl/α,β-unsaturated/α-hetero) is 1. The third-order valence-electron chi connectivity index (χ3n) is 4.18. The van der Waals surface area contributed by atoms with E-state index in [9.17, 15) is 14.9 Å². The molecule has 7 heteroatoms. The zero-order valence-electron chi connectivity index (χ0n) is 14.6. The Hall–Kier alpha value is -3.35. The fourth-order valence-electron chi connectivity index (χ4n) is 2.91. The number of hydrogen-bond donors (Lipinski definition) is 1. The van der Waals surface area contributed by atoms with E-state index in [-0.39, 0.29) is 17.2 Å². The third kappa shape index (κ3) is 3.11. The van der Waals surface area contributed by atoms with Crippen LogP contribution in [0.15, 0.2) is 42.5 Å². The Morgan fingerprint density at radius 2 is 1.96 bits per heavy atom. The highest BCUT2D eigenvalue weighted by molar-refractivity contribution is 6.11. The molecule has 0 aliphatic heterocycles. The first-order valence-electron chi connectivity index (χ1n) is 8.03. The lowest BCUT2D eigenvalue weighted by Crippen LogP contribution is -2.24. The maximum Gasteiger partial charge on any atom is 0.314 e. The minimum absolute atomic E-state index is 0.0224. The summed E-state index contributed by atoms with van der Waals surface area (Å²) >= 11 is 0. The van der Waals surface area contributed by atoms with Crippen molar-refractivity contribution in [3.8, 4) is 11.5 Å². The van der Waals surface area contributed by atoms with Crippen LogP contribution in [0.4, 0.5) is 5.69 Å². The molecule has 134 valence electrons. The molecule has 0 saturated carbocycles. The van der Waals surface area contributed by atoms with E-state index < -0.39 is 11.0 Å². The lowest BCUT2D eigenvalue weighted by Gasteiger charge is -2.14. The highest BCUT2D eigenvalue weighted by Crippen LogP contribution is 2.32. The van der Waals surface area contributed by atoms with Crippen molar-refractivity contribution in [1.82, 2.24) is 4.98 Å². The molecule has 1 heterocycles. The van der Waals surface area contributed by atoms with Crippen LogP contribution in [0.1, 0.15) is 23.0 Å². The summed E-state index contributed by atoms with van der Waals surface area (Å²) < 4.78 is 10.6. The number of nitro groups is 1. The van der Waals surface area contributed by atoms with Crippen LogP contribution in [0.5, 0.6) is 11.5 Å².